The van der Waals surface area contributed by atoms with Gasteiger partial charge in [0.05, 0.1) is 38.6 Å². The number of primary amides is 1. The molecule has 33 nitrogen and oxygen atoms in total. The summed E-state index contributed by atoms with van der Waals surface area (Å²) in [5.41, 5.74) is 24.1. The second-order valence-electron chi connectivity index (χ2n) is 21.8. The Morgan fingerprint density at radius 1 is 0.689 bits per heavy atom. The third-order valence-corrected chi connectivity index (χ3v) is 14.2. The largest absolute Gasteiger partial charge is 0.508 e. The van der Waals surface area contributed by atoms with Crippen molar-refractivity contribution < 1.29 is 72.9 Å². The summed E-state index contributed by atoms with van der Waals surface area (Å²) in [6, 6.07) is 1.54. The van der Waals surface area contributed by atoms with Crippen LogP contribution in [0.4, 0.5) is 0 Å². The molecule has 11 amide bonds. The molecule has 0 radical (unpaired) electrons. The number of hydrogen-bond donors (Lipinski definition) is 18. The first-order valence-corrected chi connectivity index (χ1v) is 29.0. The van der Waals surface area contributed by atoms with E-state index in [0.29, 0.717) is 34.1 Å². The van der Waals surface area contributed by atoms with Crippen LogP contribution in [0.1, 0.15) is 75.6 Å². The molecule has 2 aromatic heterocycles. The number of imidazole rings is 1. The second kappa shape index (κ2) is 35.0. The van der Waals surface area contributed by atoms with E-state index in [-0.39, 0.29) is 82.1 Å². The lowest BCUT2D eigenvalue weighted by molar-refractivity contribution is -0.142. The van der Waals surface area contributed by atoms with Gasteiger partial charge in [-0.05, 0) is 73.8 Å². The number of aromatic nitrogens is 3. The van der Waals surface area contributed by atoms with E-state index in [2.05, 4.69) is 67.8 Å². The summed E-state index contributed by atoms with van der Waals surface area (Å²) >= 11 is 0. The third kappa shape index (κ3) is 22.8. The van der Waals surface area contributed by atoms with Gasteiger partial charge in [-0.25, -0.2) is 4.98 Å². The van der Waals surface area contributed by atoms with Crippen molar-refractivity contribution in [2.24, 2.45) is 33.8 Å². The number of nitrogens with two attached hydrogens (primary N) is 4. The number of aliphatic hydroxyl groups is 1. The highest BCUT2D eigenvalue weighted by atomic mass is 16.4. The number of benzene rings is 2. The third-order valence-electron chi connectivity index (χ3n) is 14.2. The number of aliphatic hydroxyl groups excluding tert-OH is 1. The summed E-state index contributed by atoms with van der Waals surface area (Å²) in [7, 11) is 0. The number of H-pyrrole nitrogens is 2. The van der Waals surface area contributed by atoms with Crippen LogP contribution < -0.4 is 70.8 Å². The molecule has 1 fully saturated rings. The van der Waals surface area contributed by atoms with E-state index in [1.807, 2.05) is 0 Å². The Hall–Kier alpha value is -10.2. The molecule has 4 aromatic rings. The van der Waals surface area contributed by atoms with Crippen LogP contribution in [0.3, 0.4) is 0 Å². The summed E-state index contributed by atoms with van der Waals surface area (Å²) in [6.07, 6.45) is 3.96. The number of nitrogens with one attached hydrogen (secondary N) is 11. The summed E-state index contributed by atoms with van der Waals surface area (Å²) in [5, 5.41) is 52.8. The molecule has 90 heavy (non-hydrogen) atoms. The Bertz CT molecular complexity index is 3190. The maximum Gasteiger partial charge on any atom is 0.303 e. The number of rotatable bonds is 36. The molecule has 0 bridgehead atoms. The van der Waals surface area contributed by atoms with Crippen LogP contribution in [0.2, 0.25) is 0 Å². The number of likely N-dealkylation sites (tertiary alicyclic amines) is 1. The Morgan fingerprint density at radius 2 is 1.31 bits per heavy atom. The number of nitrogens with zero attached hydrogens (tertiary/aromatic N) is 3. The minimum absolute atomic E-state index is 0.0162. The highest BCUT2D eigenvalue weighted by Gasteiger charge is 2.39. The molecular formula is C57H80N18O15. The van der Waals surface area contributed by atoms with E-state index >= 15 is 0 Å². The number of carbonyl (C=O) groups excluding carboxylic acids is 11. The summed E-state index contributed by atoms with van der Waals surface area (Å²) < 4.78 is 0. The Morgan fingerprint density at radius 3 is 1.96 bits per heavy atom. The SMILES string of the molecule is CC(C)C[C@H](NC(=O)CNC(=O)CNC(=O)[C@H](Cc1ccc(O)cc1)NC(=O)[C@H](CO)NC(=O)[C@H](Cc1c[nH]c2ccccc12)NC(=O)[C@H](Cc1cnc[nH]1)NC(=O)[C@@H](N)CCC(=O)O)C(=O)N[C@@H](CCCN=C(N)N)C(=O)N1CCC[C@H]1C(=O)NCC(N)=O. The highest BCUT2D eigenvalue weighted by Crippen LogP contribution is 2.22. The number of hydrogen-bond acceptors (Lipinski definition) is 17. The van der Waals surface area contributed by atoms with Crippen molar-refractivity contribution in [3.8, 4) is 5.75 Å². The van der Waals surface area contributed by atoms with Gasteiger partial charge in [-0.15, -0.1) is 0 Å². The van der Waals surface area contributed by atoms with Crippen LogP contribution in [0, 0.1) is 5.92 Å². The van der Waals surface area contributed by atoms with E-state index in [1.165, 1.54) is 41.7 Å². The van der Waals surface area contributed by atoms with Crippen LogP contribution in [-0.4, -0.2) is 200 Å². The van der Waals surface area contributed by atoms with Crippen molar-refractivity contribution in [1.82, 2.24) is 67.7 Å². The first kappa shape index (κ1) is 70.6. The van der Waals surface area contributed by atoms with Gasteiger partial charge in [0.15, 0.2) is 5.96 Å². The summed E-state index contributed by atoms with van der Waals surface area (Å²) in [5.74, 6) is -11.1. The molecule has 0 saturated carbocycles. The van der Waals surface area contributed by atoms with Gasteiger partial charge < -0.3 is 101 Å². The molecule has 33 heteroatoms. The normalized spacial score (nSPS) is 15.1. The molecule has 0 spiro atoms. The van der Waals surface area contributed by atoms with Gasteiger partial charge in [-0.3, -0.25) is 62.5 Å². The maximum atomic E-state index is 14.4. The predicted octanol–water partition coefficient (Wildman–Crippen LogP) is -5.36. The molecule has 8 atom stereocenters. The zero-order valence-corrected chi connectivity index (χ0v) is 49.8. The average Bonchev–Trinajstić information content (AvgIpc) is 1.71. The van der Waals surface area contributed by atoms with Crippen molar-refractivity contribution in [2.45, 2.75) is 126 Å². The number of phenolic OH excluding ortho intramolecular Hbond substituents is 1. The van der Waals surface area contributed by atoms with Gasteiger partial charge >= 0.3 is 5.97 Å². The fourth-order valence-corrected chi connectivity index (χ4v) is 9.64. The van der Waals surface area contributed by atoms with Gasteiger partial charge in [0.25, 0.3) is 0 Å². The molecule has 1 aliphatic rings. The molecule has 1 aliphatic heterocycles. The number of carboxylic acid groups (broad SMARTS) is 1. The lowest BCUT2D eigenvalue weighted by atomic mass is 10.0. The fourth-order valence-electron chi connectivity index (χ4n) is 9.64. The van der Waals surface area contributed by atoms with Crippen LogP contribution in [-0.2, 0) is 76.8 Å². The number of phenols is 1. The van der Waals surface area contributed by atoms with E-state index in [1.54, 1.807) is 44.3 Å². The smallest absolute Gasteiger partial charge is 0.303 e. The number of aliphatic imine (C=N–C) groups is 1. The van der Waals surface area contributed by atoms with E-state index in [9.17, 15) is 67.7 Å². The van der Waals surface area contributed by atoms with E-state index in [0.717, 1.165) is 0 Å². The zero-order valence-electron chi connectivity index (χ0n) is 49.8. The average molecular weight is 1260 g/mol. The minimum Gasteiger partial charge on any atom is -0.508 e. The maximum absolute atomic E-state index is 14.4. The zero-order chi connectivity index (χ0) is 66.0. The molecule has 3 heterocycles. The number of fused-ring (bicyclic) bond motifs is 1. The number of carbonyl (C=O) groups is 12. The molecular weight excluding hydrogens is 1180 g/mol. The molecule has 5 rings (SSSR count). The van der Waals surface area contributed by atoms with E-state index < -0.39 is 152 Å². The topological polar surface area (TPSA) is 538 Å². The molecule has 2 aromatic carbocycles. The monoisotopic (exact) mass is 1260 g/mol. The van der Waals surface area contributed by atoms with Crippen LogP contribution >= 0.6 is 0 Å². The molecule has 0 unspecified atom stereocenters. The Labute approximate surface area is 516 Å². The van der Waals surface area contributed by atoms with Crippen LogP contribution in [0.15, 0.2) is 72.2 Å². The summed E-state index contributed by atoms with van der Waals surface area (Å²) in [6.45, 7) is 0.836. The number of aliphatic carboxylic acids is 1. The number of carboxylic acids is 1. The Balaban J connectivity index is 1.26. The van der Waals surface area contributed by atoms with E-state index in [4.69, 9.17) is 28.0 Å². The van der Waals surface area contributed by atoms with Crippen molar-refractivity contribution in [3.05, 3.63) is 84.1 Å². The fraction of sp³-hybridized carbons (Fsp3) is 0.474. The van der Waals surface area contributed by atoms with Crippen LogP contribution in [0.5, 0.6) is 5.75 Å². The predicted molar refractivity (Wildman–Crippen MR) is 322 cm³/mol. The Kier molecular flexibility index (Phi) is 27.4. The lowest BCUT2D eigenvalue weighted by Gasteiger charge is -2.30. The molecule has 22 N–H and O–H groups in total. The van der Waals surface area contributed by atoms with Crippen molar-refractivity contribution in [3.63, 3.8) is 0 Å². The molecule has 488 valence electrons. The van der Waals surface area contributed by atoms with Gasteiger partial charge in [-0.1, -0.05) is 44.2 Å². The van der Waals surface area contributed by atoms with Crippen molar-refractivity contribution in [2.75, 3.05) is 39.3 Å². The number of aromatic amines is 2. The first-order chi connectivity index (χ1) is 42.8. The highest BCUT2D eigenvalue weighted by molar-refractivity contribution is 5.99. The van der Waals surface area contributed by atoms with Gasteiger partial charge in [0.1, 0.15) is 48.0 Å². The number of amides is 11. The first-order valence-electron chi connectivity index (χ1n) is 29.0. The lowest BCUT2D eigenvalue weighted by Crippen LogP contribution is -2.60. The minimum atomic E-state index is -1.79. The van der Waals surface area contributed by atoms with Gasteiger partial charge in [0.2, 0.25) is 65.0 Å². The van der Waals surface area contributed by atoms with Crippen LogP contribution in [0.25, 0.3) is 10.9 Å². The molecule has 1 saturated heterocycles. The quantitative estimate of drug-likeness (QED) is 0.0115. The van der Waals surface area contributed by atoms with Crippen molar-refractivity contribution in [1.29, 1.82) is 0 Å². The van der Waals surface area contributed by atoms with Crippen molar-refractivity contribution >= 4 is 87.8 Å². The summed E-state index contributed by atoms with van der Waals surface area (Å²) in [4.78, 5) is 175. The number of guanidine groups is 1. The van der Waals surface area contributed by atoms with Gasteiger partial charge in [0, 0.05) is 67.8 Å². The molecule has 0 aliphatic carbocycles. The standard InChI is InChI=1S/C57H80N18O15/c1-30(2)19-39(51(85)70-38(9-5-17-63-57(60)61)56(90)75-18-6-10-44(75)55(89)66-25-45(59)78)69-47(80)27-65-46(79)26-67-50(84)40(20-31-11-13-34(77)14-12-31)72-54(88)43(28-76)74-52(86)41(21-32-23-64-37-8-4-3-7-35(32)37)73-53(87)42(22-33-24-62-29-68-33)71-49(83)36(58)15-16-48(81)82/h3-4,7-8,11-14,23-24,29-30,36,38-44,64,76-77H,5-6,9-10,15-22,25-28,58H2,1-2H3,(H2,59,78)(H,62,68)(H,65,79)(H,66,89)(H,67,84)(H,69,80)(H,70,85)(H,71,83)(H,72,88)(H,73,87)(H,74,86)(H,81,82)(H4,60,61,63)/t36-,38-,39-,40-,41-,42-,43-,44-/m0/s1. The second-order valence-corrected chi connectivity index (χ2v) is 21.8. The number of aromatic hydroxyl groups is 1. The van der Waals surface area contributed by atoms with Gasteiger partial charge in [-0.2, -0.15) is 0 Å². The number of para-hydroxylation sites is 1.